The van der Waals surface area contributed by atoms with Gasteiger partial charge >= 0.3 is 0 Å². The highest BCUT2D eigenvalue weighted by Gasteiger charge is 2.02. The zero-order valence-corrected chi connectivity index (χ0v) is 11.3. The number of aryl methyl sites for hydroxylation is 2. The third-order valence-corrected chi connectivity index (χ3v) is 3.17. The SMILES string of the molecule is CCc1cccnc1CNc1ccc(C#N)c(C)c1. The molecule has 0 radical (unpaired) electrons. The van der Waals surface area contributed by atoms with Gasteiger partial charge in [-0.2, -0.15) is 5.26 Å². The first-order valence-electron chi connectivity index (χ1n) is 6.42. The average molecular weight is 251 g/mol. The molecule has 2 aromatic rings. The minimum atomic E-state index is 0.704. The van der Waals surface area contributed by atoms with Gasteiger partial charge in [0, 0.05) is 11.9 Å². The maximum absolute atomic E-state index is 8.91. The summed E-state index contributed by atoms with van der Waals surface area (Å²) >= 11 is 0. The lowest BCUT2D eigenvalue weighted by Gasteiger charge is -2.10. The molecule has 0 bridgehead atoms. The second kappa shape index (κ2) is 6.01. The molecule has 0 aliphatic rings. The Labute approximate surface area is 113 Å². The van der Waals surface area contributed by atoms with Crippen LogP contribution in [0, 0.1) is 18.3 Å². The molecule has 19 heavy (non-hydrogen) atoms. The van der Waals surface area contributed by atoms with Crippen molar-refractivity contribution >= 4 is 5.69 Å². The molecular weight excluding hydrogens is 234 g/mol. The number of hydrogen-bond donors (Lipinski definition) is 1. The molecule has 0 aliphatic carbocycles. The highest BCUT2D eigenvalue weighted by molar-refractivity contribution is 5.51. The quantitative estimate of drug-likeness (QED) is 0.905. The summed E-state index contributed by atoms with van der Waals surface area (Å²) in [5.41, 5.74) is 5.07. The first-order valence-corrected chi connectivity index (χ1v) is 6.42. The number of rotatable bonds is 4. The topological polar surface area (TPSA) is 48.7 Å². The third-order valence-electron chi connectivity index (χ3n) is 3.17. The van der Waals surface area contributed by atoms with Crippen LogP contribution in [0.1, 0.15) is 29.3 Å². The normalized spacial score (nSPS) is 9.95. The molecule has 1 heterocycles. The maximum Gasteiger partial charge on any atom is 0.0994 e. The summed E-state index contributed by atoms with van der Waals surface area (Å²) < 4.78 is 0. The van der Waals surface area contributed by atoms with Gasteiger partial charge < -0.3 is 5.32 Å². The maximum atomic E-state index is 8.91. The summed E-state index contributed by atoms with van der Waals surface area (Å²) in [6.07, 6.45) is 2.80. The molecule has 3 nitrogen and oxygen atoms in total. The van der Waals surface area contributed by atoms with Crippen molar-refractivity contribution in [3.63, 3.8) is 0 Å². The number of nitrogens with zero attached hydrogens (tertiary/aromatic N) is 2. The number of hydrogen-bond acceptors (Lipinski definition) is 3. The number of aromatic nitrogens is 1. The van der Waals surface area contributed by atoms with Crippen molar-refractivity contribution in [2.45, 2.75) is 26.8 Å². The van der Waals surface area contributed by atoms with Crippen molar-refractivity contribution in [3.8, 4) is 6.07 Å². The molecule has 1 aromatic carbocycles. The number of anilines is 1. The summed E-state index contributed by atoms with van der Waals surface area (Å²) in [6, 6.07) is 12.0. The van der Waals surface area contributed by atoms with E-state index < -0.39 is 0 Å². The molecule has 0 atom stereocenters. The summed E-state index contributed by atoms with van der Waals surface area (Å²) in [4.78, 5) is 4.41. The molecule has 0 spiro atoms. The molecule has 3 heteroatoms. The van der Waals surface area contributed by atoms with Crippen LogP contribution in [0.15, 0.2) is 36.5 Å². The van der Waals surface area contributed by atoms with E-state index in [-0.39, 0.29) is 0 Å². The Bertz CT molecular complexity index is 612. The van der Waals surface area contributed by atoms with Gasteiger partial charge in [0.15, 0.2) is 0 Å². The van der Waals surface area contributed by atoms with Gasteiger partial charge in [0.2, 0.25) is 0 Å². The van der Waals surface area contributed by atoms with E-state index in [1.165, 1.54) is 5.56 Å². The lowest BCUT2D eigenvalue weighted by Crippen LogP contribution is -2.05. The third kappa shape index (κ3) is 3.11. The van der Waals surface area contributed by atoms with Gasteiger partial charge in [-0.1, -0.05) is 13.0 Å². The summed E-state index contributed by atoms with van der Waals surface area (Å²) in [7, 11) is 0. The zero-order valence-electron chi connectivity index (χ0n) is 11.3. The van der Waals surface area contributed by atoms with E-state index in [1.54, 1.807) is 0 Å². The Balaban J connectivity index is 2.11. The summed E-state index contributed by atoms with van der Waals surface area (Å²) in [6.45, 7) is 4.78. The molecule has 0 fully saturated rings. The Kier molecular flexibility index (Phi) is 4.15. The van der Waals surface area contributed by atoms with Crippen molar-refractivity contribution < 1.29 is 0 Å². The van der Waals surface area contributed by atoms with Crippen LogP contribution >= 0.6 is 0 Å². The number of pyridine rings is 1. The van der Waals surface area contributed by atoms with Crippen molar-refractivity contribution in [2.24, 2.45) is 0 Å². The minimum Gasteiger partial charge on any atom is -0.379 e. The largest absolute Gasteiger partial charge is 0.379 e. The average Bonchev–Trinajstić information content (AvgIpc) is 2.45. The predicted octanol–water partition coefficient (Wildman–Crippen LogP) is 3.44. The number of nitriles is 1. The molecule has 1 N–H and O–H groups in total. The van der Waals surface area contributed by atoms with Gasteiger partial charge in [0.05, 0.1) is 23.9 Å². The van der Waals surface area contributed by atoms with Gasteiger partial charge in [-0.3, -0.25) is 4.98 Å². The lowest BCUT2D eigenvalue weighted by atomic mass is 10.1. The monoisotopic (exact) mass is 251 g/mol. The van der Waals surface area contributed by atoms with Crippen LogP contribution in [0.2, 0.25) is 0 Å². The van der Waals surface area contributed by atoms with Crippen molar-refractivity contribution in [1.82, 2.24) is 4.98 Å². The van der Waals surface area contributed by atoms with Crippen LogP contribution in [0.4, 0.5) is 5.69 Å². The highest BCUT2D eigenvalue weighted by Crippen LogP contribution is 2.16. The molecule has 2 rings (SSSR count). The van der Waals surface area contributed by atoms with Gasteiger partial charge in [-0.15, -0.1) is 0 Å². The van der Waals surface area contributed by atoms with Crippen molar-refractivity contribution in [1.29, 1.82) is 5.26 Å². The highest BCUT2D eigenvalue weighted by atomic mass is 14.9. The predicted molar refractivity (Wildman–Crippen MR) is 76.8 cm³/mol. The van der Waals surface area contributed by atoms with E-state index in [0.717, 1.165) is 28.9 Å². The first-order chi connectivity index (χ1) is 9.24. The fraction of sp³-hybridized carbons (Fsp3) is 0.250. The van der Waals surface area contributed by atoms with Crippen LogP contribution in [-0.4, -0.2) is 4.98 Å². The number of nitrogens with one attached hydrogen (secondary N) is 1. The smallest absolute Gasteiger partial charge is 0.0994 e. The lowest BCUT2D eigenvalue weighted by molar-refractivity contribution is 0.971. The Morgan fingerprint density at radius 1 is 1.32 bits per heavy atom. The van der Waals surface area contributed by atoms with E-state index >= 15 is 0 Å². The second-order valence-electron chi connectivity index (χ2n) is 4.46. The van der Waals surface area contributed by atoms with Crippen molar-refractivity contribution in [2.75, 3.05) is 5.32 Å². The zero-order chi connectivity index (χ0) is 13.7. The van der Waals surface area contributed by atoms with E-state index in [0.29, 0.717) is 6.54 Å². The fourth-order valence-electron chi connectivity index (χ4n) is 2.04. The van der Waals surface area contributed by atoms with E-state index in [2.05, 4.69) is 29.4 Å². The van der Waals surface area contributed by atoms with Gasteiger partial charge in [0.1, 0.15) is 0 Å². The molecule has 0 amide bonds. The Morgan fingerprint density at radius 2 is 2.16 bits per heavy atom. The standard InChI is InChI=1S/C16H17N3/c1-3-13-5-4-8-18-16(13)11-19-15-7-6-14(10-17)12(2)9-15/h4-9,19H,3,11H2,1-2H3. The second-order valence-corrected chi connectivity index (χ2v) is 4.46. The molecule has 1 aromatic heterocycles. The van der Waals surface area contributed by atoms with Crippen LogP contribution in [0.25, 0.3) is 0 Å². The molecular formula is C16H17N3. The van der Waals surface area contributed by atoms with Crippen molar-refractivity contribution in [3.05, 3.63) is 58.9 Å². The fourth-order valence-corrected chi connectivity index (χ4v) is 2.04. The van der Waals surface area contributed by atoms with Crippen LogP contribution in [0.3, 0.4) is 0 Å². The van der Waals surface area contributed by atoms with Gasteiger partial charge in [0.25, 0.3) is 0 Å². The number of benzene rings is 1. The summed E-state index contributed by atoms with van der Waals surface area (Å²) in [5.74, 6) is 0. The summed E-state index contributed by atoms with van der Waals surface area (Å²) in [5, 5.41) is 12.3. The molecule has 96 valence electrons. The van der Waals surface area contributed by atoms with Gasteiger partial charge in [-0.05, 0) is 48.7 Å². The van der Waals surface area contributed by atoms with E-state index in [1.807, 2.05) is 37.4 Å². The Hall–Kier alpha value is -2.34. The Morgan fingerprint density at radius 3 is 2.84 bits per heavy atom. The molecule has 0 aliphatic heterocycles. The van der Waals surface area contributed by atoms with Crippen LogP contribution in [-0.2, 0) is 13.0 Å². The molecule has 0 saturated heterocycles. The van der Waals surface area contributed by atoms with E-state index in [4.69, 9.17) is 5.26 Å². The molecule has 0 unspecified atom stereocenters. The molecule has 0 saturated carbocycles. The first kappa shape index (κ1) is 13.1. The van der Waals surface area contributed by atoms with Gasteiger partial charge in [-0.25, -0.2) is 0 Å². The van der Waals surface area contributed by atoms with Crippen LogP contribution in [0.5, 0.6) is 0 Å². The van der Waals surface area contributed by atoms with E-state index in [9.17, 15) is 0 Å². The minimum absolute atomic E-state index is 0.704. The van der Waals surface area contributed by atoms with Crippen LogP contribution < -0.4 is 5.32 Å².